The minimum atomic E-state index is 0.275. The molecule has 0 aliphatic carbocycles. The first-order chi connectivity index (χ1) is 8.72. The fourth-order valence-corrected chi connectivity index (χ4v) is 2.03. The zero-order valence-electron chi connectivity index (χ0n) is 12.0. The van der Waals surface area contributed by atoms with E-state index in [4.69, 9.17) is 9.47 Å². The Morgan fingerprint density at radius 2 is 2.06 bits per heavy atom. The quantitative estimate of drug-likeness (QED) is 0.720. The highest BCUT2D eigenvalue weighted by Crippen LogP contribution is 2.28. The number of methoxy groups -OCH3 is 1. The van der Waals surface area contributed by atoms with Gasteiger partial charge in [-0.05, 0) is 32.9 Å². The van der Waals surface area contributed by atoms with Gasteiger partial charge >= 0.3 is 0 Å². The van der Waals surface area contributed by atoms with Gasteiger partial charge in [-0.3, -0.25) is 0 Å². The maximum atomic E-state index is 5.56. The average molecular weight is 251 g/mol. The molecule has 18 heavy (non-hydrogen) atoms. The number of nitrogens with one attached hydrogen (secondary N) is 1. The van der Waals surface area contributed by atoms with Crippen molar-refractivity contribution < 1.29 is 9.47 Å². The molecule has 0 aliphatic rings. The molecule has 0 aromatic heterocycles. The highest BCUT2D eigenvalue weighted by atomic mass is 16.5. The molecule has 0 fully saturated rings. The largest absolute Gasteiger partial charge is 0.496 e. The molecule has 0 amide bonds. The summed E-state index contributed by atoms with van der Waals surface area (Å²) in [5, 5.41) is 3.34. The lowest BCUT2D eigenvalue weighted by molar-refractivity contribution is 0.125. The van der Waals surface area contributed by atoms with Crippen molar-refractivity contribution >= 4 is 0 Å². The summed E-state index contributed by atoms with van der Waals surface area (Å²) in [6, 6.07) is 6.56. The van der Waals surface area contributed by atoms with Crippen LogP contribution in [-0.4, -0.2) is 27.4 Å². The lowest BCUT2D eigenvalue weighted by Gasteiger charge is -2.20. The van der Waals surface area contributed by atoms with Crippen LogP contribution in [0.4, 0.5) is 0 Å². The van der Waals surface area contributed by atoms with Crippen LogP contribution in [-0.2, 0) is 4.74 Å². The molecule has 1 rings (SSSR count). The van der Waals surface area contributed by atoms with E-state index >= 15 is 0 Å². The van der Waals surface area contributed by atoms with Crippen molar-refractivity contribution in [2.24, 2.45) is 0 Å². The standard InChI is InChI=1S/C15H25NO2/c1-5-9-18-10-8-14(16-3)13-11-12(2)6-7-15(13)17-4/h6-7,11,14,16H,5,8-10H2,1-4H3. The molecule has 3 nitrogen and oxygen atoms in total. The first kappa shape index (κ1) is 15.0. The molecule has 1 aromatic carbocycles. The normalized spacial score (nSPS) is 12.4. The van der Waals surface area contributed by atoms with Gasteiger partial charge in [-0.25, -0.2) is 0 Å². The molecule has 102 valence electrons. The van der Waals surface area contributed by atoms with Crippen molar-refractivity contribution in [3.63, 3.8) is 0 Å². The monoisotopic (exact) mass is 251 g/mol. The first-order valence-electron chi connectivity index (χ1n) is 6.62. The van der Waals surface area contributed by atoms with Gasteiger partial charge in [-0.15, -0.1) is 0 Å². The molecule has 0 saturated heterocycles. The van der Waals surface area contributed by atoms with Crippen molar-refractivity contribution in [3.05, 3.63) is 29.3 Å². The summed E-state index contributed by atoms with van der Waals surface area (Å²) in [6.07, 6.45) is 2.02. The minimum Gasteiger partial charge on any atom is -0.496 e. The van der Waals surface area contributed by atoms with Gasteiger partial charge in [0.15, 0.2) is 0 Å². The zero-order chi connectivity index (χ0) is 13.4. The molecule has 1 aromatic rings. The Bertz CT molecular complexity index is 352. The molecular weight excluding hydrogens is 226 g/mol. The van der Waals surface area contributed by atoms with E-state index in [1.54, 1.807) is 7.11 Å². The molecule has 0 bridgehead atoms. The number of aryl methyl sites for hydroxylation is 1. The van der Waals surface area contributed by atoms with Crippen molar-refractivity contribution in [2.45, 2.75) is 32.7 Å². The first-order valence-corrected chi connectivity index (χ1v) is 6.62. The van der Waals surface area contributed by atoms with Crippen molar-refractivity contribution in [3.8, 4) is 5.75 Å². The van der Waals surface area contributed by atoms with Crippen LogP contribution in [0.5, 0.6) is 5.75 Å². The highest BCUT2D eigenvalue weighted by molar-refractivity contribution is 5.39. The Morgan fingerprint density at radius 3 is 2.67 bits per heavy atom. The molecule has 0 saturated carbocycles. The lowest BCUT2D eigenvalue weighted by Crippen LogP contribution is -2.19. The third-order valence-corrected chi connectivity index (χ3v) is 3.01. The van der Waals surface area contributed by atoms with Crippen LogP contribution in [0.3, 0.4) is 0 Å². The fourth-order valence-electron chi connectivity index (χ4n) is 2.03. The molecule has 1 atom stereocenters. The van der Waals surface area contributed by atoms with E-state index in [1.807, 2.05) is 13.1 Å². The Kier molecular flexibility index (Phi) is 6.76. The molecule has 0 aliphatic heterocycles. The molecule has 1 unspecified atom stereocenters. The van der Waals surface area contributed by atoms with Gasteiger partial charge < -0.3 is 14.8 Å². The lowest BCUT2D eigenvalue weighted by atomic mass is 10.0. The Labute approximate surface area is 110 Å². The average Bonchev–Trinajstić information content (AvgIpc) is 2.39. The smallest absolute Gasteiger partial charge is 0.123 e. The predicted octanol–water partition coefficient (Wildman–Crippen LogP) is 3.08. The van der Waals surface area contributed by atoms with Crippen LogP contribution >= 0.6 is 0 Å². The number of hydrogen-bond donors (Lipinski definition) is 1. The second-order valence-corrected chi connectivity index (χ2v) is 4.49. The van der Waals surface area contributed by atoms with E-state index in [9.17, 15) is 0 Å². The van der Waals surface area contributed by atoms with Crippen LogP contribution in [0.25, 0.3) is 0 Å². The second kappa shape index (κ2) is 8.11. The van der Waals surface area contributed by atoms with Gasteiger partial charge in [0, 0.05) is 24.8 Å². The Morgan fingerprint density at radius 1 is 1.28 bits per heavy atom. The van der Waals surface area contributed by atoms with Gasteiger partial charge in [0.1, 0.15) is 5.75 Å². The van der Waals surface area contributed by atoms with Crippen LogP contribution in [0.15, 0.2) is 18.2 Å². The molecule has 3 heteroatoms. The van der Waals surface area contributed by atoms with E-state index in [0.29, 0.717) is 0 Å². The van der Waals surface area contributed by atoms with Gasteiger partial charge in [-0.2, -0.15) is 0 Å². The fraction of sp³-hybridized carbons (Fsp3) is 0.600. The van der Waals surface area contributed by atoms with Crippen molar-refractivity contribution in [2.75, 3.05) is 27.4 Å². The van der Waals surface area contributed by atoms with Crippen LogP contribution in [0.1, 0.15) is 36.9 Å². The summed E-state index contributed by atoms with van der Waals surface area (Å²) in [5.41, 5.74) is 2.46. The van der Waals surface area contributed by atoms with Crippen LogP contribution in [0.2, 0.25) is 0 Å². The molecule has 0 radical (unpaired) electrons. The van der Waals surface area contributed by atoms with Crippen molar-refractivity contribution in [1.82, 2.24) is 5.32 Å². The van der Waals surface area contributed by atoms with Gasteiger partial charge in [0.05, 0.1) is 7.11 Å². The third-order valence-electron chi connectivity index (χ3n) is 3.01. The number of benzene rings is 1. The van der Waals surface area contributed by atoms with Gasteiger partial charge in [-0.1, -0.05) is 24.6 Å². The SMILES string of the molecule is CCCOCCC(NC)c1cc(C)ccc1OC. The van der Waals surface area contributed by atoms with E-state index < -0.39 is 0 Å². The van der Waals surface area contributed by atoms with Gasteiger partial charge in [0.2, 0.25) is 0 Å². The Hall–Kier alpha value is -1.06. The topological polar surface area (TPSA) is 30.5 Å². The van der Waals surface area contributed by atoms with Crippen molar-refractivity contribution in [1.29, 1.82) is 0 Å². The zero-order valence-corrected chi connectivity index (χ0v) is 12.0. The predicted molar refractivity (Wildman–Crippen MR) is 75.3 cm³/mol. The minimum absolute atomic E-state index is 0.275. The van der Waals surface area contributed by atoms with E-state index in [2.05, 4.69) is 31.3 Å². The highest BCUT2D eigenvalue weighted by Gasteiger charge is 2.14. The summed E-state index contributed by atoms with van der Waals surface area (Å²) in [7, 11) is 3.70. The second-order valence-electron chi connectivity index (χ2n) is 4.49. The molecule has 0 spiro atoms. The summed E-state index contributed by atoms with van der Waals surface area (Å²) in [5.74, 6) is 0.940. The maximum Gasteiger partial charge on any atom is 0.123 e. The summed E-state index contributed by atoms with van der Waals surface area (Å²) < 4.78 is 11.0. The van der Waals surface area contributed by atoms with E-state index in [-0.39, 0.29) is 6.04 Å². The summed E-state index contributed by atoms with van der Waals surface area (Å²) in [4.78, 5) is 0. The van der Waals surface area contributed by atoms with Crippen LogP contribution < -0.4 is 10.1 Å². The summed E-state index contributed by atoms with van der Waals surface area (Å²) >= 11 is 0. The number of hydrogen-bond acceptors (Lipinski definition) is 3. The molecular formula is C15H25NO2. The summed E-state index contributed by atoms with van der Waals surface area (Å²) in [6.45, 7) is 5.83. The van der Waals surface area contributed by atoms with E-state index in [1.165, 1.54) is 11.1 Å². The molecule has 1 N–H and O–H groups in total. The van der Waals surface area contributed by atoms with Crippen LogP contribution in [0, 0.1) is 6.92 Å². The number of rotatable bonds is 8. The number of ether oxygens (including phenoxy) is 2. The molecule has 0 heterocycles. The third kappa shape index (κ3) is 4.31. The van der Waals surface area contributed by atoms with E-state index in [0.717, 1.165) is 31.8 Å². The van der Waals surface area contributed by atoms with Gasteiger partial charge in [0.25, 0.3) is 0 Å². The Balaban J connectivity index is 2.71. The maximum absolute atomic E-state index is 5.56.